The Bertz CT molecular complexity index is 285. The van der Waals surface area contributed by atoms with E-state index in [4.69, 9.17) is 5.73 Å². The Morgan fingerprint density at radius 3 is 3.08 bits per heavy atom. The third kappa shape index (κ3) is 2.93. The van der Waals surface area contributed by atoms with Crippen molar-refractivity contribution in [1.29, 1.82) is 0 Å². The Hall–Kier alpha value is -0.680. The second kappa shape index (κ2) is 5.14. The summed E-state index contributed by atoms with van der Waals surface area (Å²) in [6.07, 6.45) is 2.01. The molecule has 1 heterocycles. The Kier molecular flexibility index (Phi) is 4.11. The van der Waals surface area contributed by atoms with E-state index in [9.17, 15) is 4.79 Å². The summed E-state index contributed by atoms with van der Waals surface area (Å²) in [7, 11) is 0. The minimum Gasteiger partial charge on any atom is -0.397 e. The van der Waals surface area contributed by atoms with E-state index in [1.54, 1.807) is 17.8 Å². The number of rotatable bonds is 4. The van der Waals surface area contributed by atoms with Crippen LogP contribution in [0.2, 0.25) is 0 Å². The normalized spacial score (nSPS) is 9.92. The van der Waals surface area contributed by atoms with Gasteiger partial charge in [-0.3, -0.25) is 4.79 Å². The largest absolute Gasteiger partial charge is 0.397 e. The van der Waals surface area contributed by atoms with Gasteiger partial charge in [-0.2, -0.15) is 11.8 Å². The summed E-state index contributed by atoms with van der Waals surface area (Å²) in [5, 5.41) is 4.62. The number of carbonyl (C=O) groups excluding carboxylic acids is 1. The van der Waals surface area contributed by atoms with Crippen LogP contribution in [0.25, 0.3) is 0 Å². The van der Waals surface area contributed by atoms with Gasteiger partial charge in [0.05, 0.1) is 5.69 Å². The number of thioether (sulfide) groups is 1. The van der Waals surface area contributed by atoms with Crippen LogP contribution in [0.1, 0.15) is 9.67 Å². The molecule has 0 aliphatic rings. The fourth-order valence-corrected chi connectivity index (χ4v) is 1.89. The molecule has 3 nitrogen and oxygen atoms in total. The van der Waals surface area contributed by atoms with Crippen molar-refractivity contribution < 1.29 is 4.79 Å². The zero-order valence-electron chi connectivity index (χ0n) is 7.37. The number of nitrogens with two attached hydrogens (primary N) is 1. The lowest BCUT2D eigenvalue weighted by Gasteiger charge is -2.02. The fraction of sp³-hybridized carbons (Fsp3) is 0.375. The van der Waals surface area contributed by atoms with Gasteiger partial charge in [0.1, 0.15) is 4.88 Å². The number of nitrogen functional groups attached to an aromatic ring is 1. The Labute approximate surface area is 85.7 Å². The van der Waals surface area contributed by atoms with Gasteiger partial charge in [0.2, 0.25) is 0 Å². The molecule has 1 amide bonds. The molecule has 1 aromatic heterocycles. The van der Waals surface area contributed by atoms with Crippen LogP contribution in [-0.2, 0) is 0 Å². The SMILES string of the molecule is CSCCNC(=O)c1sccc1N. The molecular formula is C8H12N2OS2. The van der Waals surface area contributed by atoms with Crippen molar-refractivity contribution in [1.82, 2.24) is 5.32 Å². The van der Waals surface area contributed by atoms with Crippen LogP contribution in [0.5, 0.6) is 0 Å². The molecule has 0 saturated heterocycles. The number of thiophene rings is 1. The van der Waals surface area contributed by atoms with E-state index in [1.807, 2.05) is 11.6 Å². The molecule has 0 radical (unpaired) electrons. The average molecular weight is 216 g/mol. The van der Waals surface area contributed by atoms with Gasteiger partial charge in [-0.15, -0.1) is 11.3 Å². The zero-order valence-corrected chi connectivity index (χ0v) is 9.00. The average Bonchev–Trinajstić information content (AvgIpc) is 2.52. The van der Waals surface area contributed by atoms with E-state index in [2.05, 4.69) is 5.32 Å². The number of carbonyl (C=O) groups is 1. The summed E-state index contributed by atoms with van der Waals surface area (Å²) in [5.74, 6) is 0.860. The lowest BCUT2D eigenvalue weighted by Crippen LogP contribution is -2.25. The number of hydrogen-bond donors (Lipinski definition) is 2. The van der Waals surface area contributed by atoms with Crippen LogP contribution in [0.15, 0.2) is 11.4 Å². The van der Waals surface area contributed by atoms with Crippen LogP contribution in [0.3, 0.4) is 0 Å². The first kappa shape index (κ1) is 10.4. The van der Waals surface area contributed by atoms with Crippen molar-refractivity contribution >= 4 is 34.7 Å². The topological polar surface area (TPSA) is 55.1 Å². The van der Waals surface area contributed by atoms with Crippen molar-refractivity contribution in [3.63, 3.8) is 0 Å². The highest BCUT2D eigenvalue weighted by Gasteiger charge is 2.09. The van der Waals surface area contributed by atoms with Gasteiger partial charge in [-0.25, -0.2) is 0 Å². The predicted molar refractivity (Wildman–Crippen MR) is 59.4 cm³/mol. The second-order valence-corrected chi connectivity index (χ2v) is 4.36. The Morgan fingerprint density at radius 2 is 2.54 bits per heavy atom. The highest BCUT2D eigenvalue weighted by molar-refractivity contribution is 7.98. The van der Waals surface area contributed by atoms with E-state index >= 15 is 0 Å². The van der Waals surface area contributed by atoms with Gasteiger partial charge in [0.25, 0.3) is 5.91 Å². The molecule has 0 fully saturated rings. The van der Waals surface area contributed by atoms with Crippen LogP contribution >= 0.6 is 23.1 Å². The maximum atomic E-state index is 11.4. The van der Waals surface area contributed by atoms with Crippen LogP contribution < -0.4 is 11.1 Å². The highest BCUT2D eigenvalue weighted by Crippen LogP contribution is 2.17. The Balaban J connectivity index is 2.45. The third-order valence-corrected chi connectivity index (χ3v) is 3.03. The first-order valence-corrected chi connectivity index (χ1v) is 6.13. The lowest BCUT2D eigenvalue weighted by molar-refractivity contribution is 0.0961. The molecule has 0 aromatic carbocycles. The van der Waals surface area contributed by atoms with E-state index in [0.717, 1.165) is 5.75 Å². The van der Waals surface area contributed by atoms with Gasteiger partial charge < -0.3 is 11.1 Å². The molecule has 5 heteroatoms. The van der Waals surface area contributed by atoms with Gasteiger partial charge in [-0.05, 0) is 17.7 Å². The zero-order chi connectivity index (χ0) is 9.68. The maximum absolute atomic E-state index is 11.4. The van der Waals surface area contributed by atoms with Crippen molar-refractivity contribution in [2.45, 2.75) is 0 Å². The molecular weight excluding hydrogens is 204 g/mol. The van der Waals surface area contributed by atoms with Crippen molar-refractivity contribution in [2.24, 2.45) is 0 Å². The molecule has 0 spiro atoms. The molecule has 0 saturated carbocycles. The van der Waals surface area contributed by atoms with Crippen molar-refractivity contribution in [3.05, 3.63) is 16.3 Å². The van der Waals surface area contributed by atoms with Crippen LogP contribution in [0.4, 0.5) is 5.69 Å². The van der Waals surface area contributed by atoms with Gasteiger partial charge in [-0.1, -0.05) is 0 Å². The first-order valence-electron chi connectivity index (χ1n) is 3.86. The monoisotopic (exact) mass is 216 g/mol. The molecule has 0 atom stereocenters. The summed E-state index contributed by atoms with van der Waals surface area (Å²) >= 11 is 3.07. The minimum absolute atomic E-state index is 0.0680. The van der Waals surface area contributed by atoms with Crippen LogP contribution in [0, 0.1) is 0 Å². The molecule has 1 rings (SSSR count). The quantitative estimate of drug-likeness (QED) is 0.748. The molecule has 0 aliphatic carbocycles. The molecule has 13 heavy (non-hydrogen) atoms. The minimum atomic E-state index is -0.0680. The molecule has 1 aromatic rings. The van der Waals surface area contributed by atoms with Gasteiger partial charge in [0.15, 0.2) is 0 Å². The third-order valence-electron chi connectivity index (χ3n) is 1.49. The lowest BCUT2D eigenvalue weighted by atomic mass is 10.4. The van der Waals surface area contributed by atoms with Crippen LogP contribution in [-0.4, -0.2) is 24.5 Å². The number of anilines is 1. The van der Waals surface area contributed by atoms with E-state index in [1.165, 1.54) is 11.3 Å². The highest BCUT2D eigenvalue weighted by atomic mass is 32.2. The number of amides is 1. The van der Waals surface area contributed by atoms with Gasteiger partial charge >= 0.3 is 0 Å². The Morgan fingerprint density at radius 1 is 1.77 bits per heavy atom. The standard InChI is InChI=1S/C8H12N2OS2/c1-12-5-3-10-8(11)7-6(9)2-4-13-7/h2,4H,3,5,9H2,1H3,(H,10,11). The maximum Gasteiger partial charge on any atom is 0.263 e. The first-order chi connectivity index (χ1) is 6.25. The van der Waals surface area contributed by atoms with Gasteiger partial charge in [0, 0.05) is 12.3 Å². The molecule has 0 aliphatic heterocycles. The van der Waals surface area contributed by atoms with E-state index in [0.29, 0.717) is 17.1 Å². The number of nitrogens with one attached hydrogen (secondary N) is 1. The van der Waals surface area contributed by atoms with Crippen molar-refractivity contribution in [3.8, 4) is 0 Å². The summed E-state index contributed by atoms with van der Waals surface area (Å²) in [6.45, 7) is 0.692. The smallest absolute Gasteiger partial charge is 0.263 e. The predicted octanol–water partition coefficient (Wildman–Crippen LogP) is 1.42. The molecule has 0 unspecified atom stereocenters. The second-order valence-electron chi connectivity index (χ2n) is 2.45. The summed E-state index contributed by atoms with van der Waals surface area (Å²) in [4.78, 5) is 12.0. The molecule has 0 bridgehead atoms. The van der Waals surface area contributed by atoms with E-state index < -0.39 is 0 Å². The summed E-state index contributed by atoms with van der Waals surface area (Å²) < 4.78 is 0. The molecule has 72 valence electrons. The van der Waals surface area contributed by atoms with E-state index in [-0.39, 0.29) is 5.91 Å². The number of hydrogen-bond acceptors (Lipinski definition) is 4. The van der Waals surface area contributed by atoms with Crippen molar-refractivity contribution in [2.75, 3.05) is 24.3 Å². The fourth-order valence-electron chi connectivity index (χ4n) is 0.851. The summed E-state index contributed by atoms with van der Waals surface area (Å²) in [6, 6.07) is 1.74. The molecule has 3 N–H and O–H groups in total. The summed E-state index contributed by atoms with van der Waals surface area (Å²) in [5.41, 5.74) is 6.15.